The van der Waals surface area contributed by atoms with Crippen LogP contribution >= 0.6 is 0 Å². The number of ether oxygens (including phenoxy) is 1. The molecular formula is C13H16N2O6S. The summed E-state index contributed by atoms with van der Waals surface area (Å²) in [5.74, 6) is -1.71. The highest BCUT2D eigenvalue weighted by molar-refractivity contribution is 7.89. The normalized spacial score (nSPS) is 15.7. The molecule has 1 aromatic carbocycles. The average molecular weight is 328 g/mol. The number of hydrogen-bond acceptors (Lipinski definition) is 5. The number of rotatable bonds is 5. The third kappa shape index (κ3) is 3.37. The van der Waals surface area contributed by atoms with Gasteiger partial charge in [-0.2, -0.15) is 4.72 Å². The molecule has 1 aromatic rings. The summed E-state index contributed by atoms with van der Waals surface area (Å²) >= 11 is 0. The summed E-state index contributed by atoms with van der Waals surface area (Å²) in [5.41, 5.74) is 0.232. The van der Waals surface area contributed by atoms with Crippen molar-refractivity contribution >= 4 is 27.6 Å². The Bertz CT molecular complexity index is 713. The lowest BCUT2D eigenvalue weighted by molar-refractivity contribution is -0.140. The molecule has 0 aromatic heterocycles. The lowest BCUT2D eigenvalue weighted by atomic mass is 10.1. The van der Waals surface area contributed by atoms with Gasteiger partial charge in [0.15, 0.2) is 6.61 Å². The van der Waals surface area contributed by atoms with Gasteiger partial charge >= 0.3 is 5.97 Å². The first kappa shape index (κ1) is 16.2. The van der Waals surface area contributed by atoms with Crippen molar-refractivity contribution in [1.29, 1.82) is 0 Å². The Balaban J connectivity index is 2.32. The van der Waals surface area contributed by atoms with Crippen molar-refractivity contribution in [1.82, 2.24) is 4.72 Å². The van der Waals surface area contributed by atoms with E-state index in [9.17, 15) is 18.0 Å². The monoisotopic (exact) mass is 328 g/mol. The van der Waals surface area contributed by atoms with Gasteiger partial charge in [0.05, 0.1) is 10.6 Å². The Morgan fingerprint density at radius 3 is 2.68 bits per heavy atom. The molecule has 3 N–H and O–H groups in total. The summed E-state index contributed by atoms with van der Waals surface area (Å²) in [6.45, 7) is 3.07. The zero-order valence-corrected chi connectivity index (χ0v) is 12.8. The highest BCUT2D eigenvalue weighted by atomic mass is 32.2. The predicted octanol–water partition coefficient (Wildman–Crippen LogP) is 0.405. The van der Waals surface area contributed by atoms with Gasteiger partial charge in [-0.3, -0.25) is 9.59 Å². The second-order valence-corrected chi connectivity index (χ2v) is 6.89. The molecule has 0 saturated carbocycles. The molecule has 0 saturated heterocycles. The van der Waals surface area contributed by atoms with Crippen molar-refractivity contribution in [3.8, 4) is 5.75 Å². The number of benzene rings is 1. The lowest BCUT2D eigenvalue weighted by Gasteiger charge is -2.20. The zero-order valence-electron chi connectivity index (χ0n) is 12.0. The number of carbonyl (C=O) groups is 2. The van der Waals surface area contributed by atoms with Gasteiger partial charge in [0, 0.05) is 0 Å². The van der Waals surface area contributed by atoms with Crippen LogP contribution < -0.4 is 14.8 Å². The van der Waals surface area contributed by atoms with E-state index in [1.807, 2.05) is 0 Å². The molecule has 0 radical (unpaired) electrons. The van der Waals surface area contributed by atoms with Gasteiger partial charge in [0.2, 0.25) is 10.0 Å². The third-order valence-electron chi connectivity index (χ3n) is 3.11. The van der Waals surface area contributed by atoms with Gasteiger partial charge in [-0.25, -0.2) is 8.42 Å². The molecule has 0 spiro atoms. The van der Waals surface area contributed by atoms with Crippen LogP contribution in [0, 0.1) is 5.92 Å². The zero-order chi connectivity index (χ0) is 16.5. The third-order valence-corrected chi connectivity index (χ3v) is 4.55. The van der Waals surface area contributed by atoms with E-state index in [1.165, 1.54) is 18.2 Å². The van der Waals surface area contributed by atoms with Gasteiger partial charge in [-0.1, -0.05) is 13.8 Å². The number of aliphatic carboxylic acids is 1. The van der Waals surface area contributed by atoms with E-state index < -0.39 is 28.0 Å². The van der Waals surface area contributed by atoms with E-state index in [2.05, 4.69) is 10.0 Å². The highest BCUT2D eigenvalue weighted by Gasteiger charge is 2.29. The minimum Gasteiger partial charge on any atom is -0.482 e. The van der Waals surface area contributed by atoms with Crippen molar-refractivity contribution < 1.29 is 27.9 Å². The number of anilines is 1. The highest BCUT2D eigenvalue weighted by Crippen LogP contribution is 2.30. The van der Waals surface area contributed by atoms with Gasteiger partial charge in [0.25, 0.3) is 5.91 Å². The maximum Gasteiger partial charge on any atom is 0.322 e. The Morgan fingerprint density at radius 2 is 2.09 bits per heavy atom. The predicted molar refractivity (Wildman–Crippen MR) is 77.2 cm³/mol. The summed E-state index contributed by atoms with van der Waals surface area (Å²) in [4.78, 5) is 22.2. The first-order valence-electron chi connectivity index (χ1n) is 6.52. The number of sulfonamides is 1. The first-order valence-corrected chi connectivity index (χ1v) is 8.01. The molecule has 0 bridgehead atoms. The van der Waals surface area contributed by atoms with Crippen LogP contribution in [-0.4, -0.2) is 38.0 Å². The van der Waals surface area contributed by atoms with Crippen LogP contribution in [-0.2, 0) is 19.6 Å². The summed E-state index contributed by atoms with van der Waals surface area (Å²) in [7, 11) is -4.04. The Kier molecular flexibility index (Phi) is 4.38. The first-order chi connectivity index (χ1) is 10.2. The molecule has 1 heterocycles. The standard InChI is InChI=1S/C13H16N2O6S/c1-7(2)12(13(17)18)15-22(19,20)8-3-4-10-9(5-8)14-11(16)6-21-10/h3-5,7,12,15H,6H2,1-2H3,(H,14,16)(H,17,18)/t12-/m0/s1. The summed E-state index contributed by atoms with van der Waals surface area (Å²) < 4.78 is 31.9. The second kappa shape index (κ2) is 5.93. The van der Waals surface area contributed by atoms with E-state index in [4.69, 9.17) is 9.84 Å². The number of fused-ring (bicyclic) bond motifs is 1. The fourth-order valence-electron chi connectivity index (χ4n) is 1.94. The SMILES string of the molecule is CC(C)[C@H](NS(=O)(=O)c1ccc2c(c1)NC(=O)CO2)C(=O)O. The number of carboxylic acid groups (broad SMARTS) is 1. The number of carbonyl (C=O) groups excluding carboxylic acids is 1. The van der Waals surface area contributed by atoms with Crippen LogP contribution in [0.25, 0.3) is 0 Å². The maximum atomic E-state index is 12.3. The largest absolute Gasteiger partial charge is 0.482 e. The Hall–Kier alpha value is -2.13. The molecule has 2 rings (SSSR count). The molecule has 1 amide bonds. The molecule has 1 atom stereocenters. The maximum absolute atomic E-state index is 12.3. The van der Waals surface area contributed by atoms with E-state index in [-0.39, 0.29) is 23.1 Å². The van der Waals surface area contributed by atoms with E-state index >= 15 is 0 Å². The van der Waals surface area contributed by atoms with Gasteiger partial charge in [-0.05, 0) is 24.1 Å². The number of amides is 1. The number of hydrogen-bond donors (Lipinski definition) is 3. The molecule has 22 heavy (non-hydrogen) atoms. The minimum absolute atomic E-state index is 0.133. The molecule has 9 heteroatoms. The fraction of sp³-hybridized carbons (Fsp3) is 0.385. The van der Waals surface area contributed by atoms with Crippen molar-refractivity contribution in [3.05, 3.63) is 18.2 Å². The Labute approximate surface area is 127 Å². The molecule has 1 aliphatic rings. The second-order valence-electron chi connectivity index (χ2n) is 5.18. The summed E-state index contributed by atoms with van der Waals surface area (Å²) in [5, 5.41) is 11.6. The quantitative estimate of drug-likeness (QED) is 0.719. The minimum atomic E-state index is -4.04. The van der Waals surface area contributed by atoms with Crippen LogP contribution in [0.3, 0.4) is 0 Å². The average Bonchev–Trinajstić information content (AvgIpc) is 2.43. The molecule has 0 aliphatic carbocycles. The van der Waals surface area contributed by atoms with Crippen LogP contribution in [0.4, 0.5) is 5.69 Å². The van der Waals surface area contributed by atoms with Gasteiger partial charge in [-0.15, -0.1) is 0 Å². The van der Waals surface area contributed by atoms with Crippen LogP contribution in [0.2, 0.25) is 0 Å². The molecular weight excluding hydrogens is 312 g/mol. The summed E-state index contributed by atoms with van der Waals surface area (Å²) in [6.07, 6.45) is 0. The number of carboxylic acids is 1. The van der Waals surface area contributed by atoms with Crippen LogP contribution in [0.5, 0.6) is 5.75 Å². The van der Waals surface area contributed by atoms with Crippen molar-refractivity contribution in [2.75, 3.05) is 11.9 Å². The van der Waals surface area contributed by atoms with Crippen molar-refractivity contribution in [2.24, 2.45) is 5.92 Å². The van der Waals surface area contributed by atoms with Crippen LogP contribution in [0.15, 0.2) is 23.1 Å². The lowest BCUT2D eigenvalue weighted by Crippen LogP contribution is -2.44. The van der Waals surface area contributed by atoms with Crippen LogP contribution in [0.1, 0.15) is 13.8 Å². The molecule has 1 aliphatic heterocycles. The Morgan fingerprint density at radius 1 is 1.41 bits per heavy atom. The summed E-state index contributed by atoms with van der Waals surface area (Å²) in [6, 6.07) is 2.69. The molecule has 0 unspecified atom stereocenters. The molecule has 0 fully saturated rings. The van der Waals surface area contributed by atoms with Gasteiger partial charge < -0.3 is 15.2 Å². The fourth-order valence-corrected chi connectivity index (χ4v) is 3.30. The smallest absolute Gasteiger partial charge is 0.322 e. The topological polar surface area (TPSA) is 122 Å². The van der Waals surface area contributed by atoms with Crippen molar-refractivity contribution in [2.45, 2.75) is 24.8 Å². The van der Waals surface area contributed by atoms with E-state index in [0.717, 1.165) is 0 Å². The molecule has 8 nitrogen and oxygen atoms in total. The molecule has 120 valence electrons. The number of nitrogens with one attached hydrogen (secondary N) is 2. The van der Waals surface area contributed by atoms with E-state index in [1.54, 1.807) is 13.8 Å². The van der Waals surface area contributed by atoms with Gasteiger partial charge in [0.1, 0.15) is 11.8 Å². The van der Waals surface area contributed by atoms with Crippen molar-refractivity contribution in [3.63, 3.8) is 0 Å². The van der Waals surface area contributed by atoms with E-state index in [0.29, 0.717) is 5.75 Å².